The Morgan fingerprint density at radius 3 is 2.44 bits per heavy atom. The summed E-state index contributed by atoms with van der Waals surface area (Å²) in [5.74, 6) is 0. The second-order valence-corrected chi connectivity index (χ2v) is 5.95. The highest BCUT2D eigenvalue weighted by atomic mass is 14.2. The topological polar surface area (TPSA) is 0 Å². The minimum absolute atomic E-state index is 1.30. The Kier molecular flexibility index (Phi) is 4.86. The van der Waals surface area contributed by atoms with Gasteiger partial charge in [-0.1, -0.05) is 38.7 Å². The van der Waals surface area contributed by atoms with Gasteiger partial charge >= 0.3 is 0 Å². The van der Waals surface area contributed by atoms with Gasteiger partial charge in [0.25, 0.3) is 0 Å². The molecule has 0 atom stereocenters. The van der Waals surface area contributed by atoms with Crippen molar-refractivity contribution in [3.8, 4) is 0 Å². The van der Waals surface area contributed by atoms with E-state index in [1.165, 1.54) is 57.8 Å². The molecule has 1 aromatic rings. The first kappa shape index (κ1) is 13.6. The Morgan fingerprint density at radius 2 is 1.67 bits per heavy atom. The zero-order chi connectivity index (χ0) is 13.0. The number of aryl methyl sites for hydroxylation is 2. The summed E-state index contributed by atoms with van der Waals surface area (Å²) in [5.41, 5.74) is 8.16. The van der Waals surface area contributed by atoms with Crippen molar-refractivity contribution in [2.45, 2.75) is 78.6 Å². The third kappa shape index (κ3) is 2.96. The Hall–Kier alpha value is -0.780. The van der Waals surface area contributed by atoms with Gasteiger partial charge in [0, 0.05) is 0 Å². The minimum atomic E-state index is 1.30. The summed E-state index contributed by atoms with van der Waals surface area (Å²) in [6, 6.07) is 2.47. The van der Waals surface area contributed by atoms with Gasteiger partial charge in [-0.3, -0.25) is 0 Å². The van der Waals surface area contributed by atoms with Crippen LogP contribution in [-0.4, -0.2) is 0 Å². The van der Waals surface area contributed by atoms with Crippen molar-refractivity contribution < 1.29 is 0 Å². The molecule has 0 bridgehead atoms. The molecule has 0 amide bonds. The van der Waals surface area contributed by atoms with E-state index in [-0.39, 0.29) is 0 Å². The SMILES string of the molecule is CCCCCCCc1cc(C)c2c(c1C)CCC2. The lowest BCUT2D eigenvalue weighted by Crippen LogP contribution is -1.99. The van der Waals surface area contributed by atoms with Gasteiger partial charge < -0.3 is 0 Å². The summed E-state index contributed by atoms with van der Waals surface area (Å²) in [6.45, 7) is 6.95. The van der Waals surface area contributed by atoms with E-state index < -0.39 is 0 Å². The number of hydrogen-bond acceptors (Lipinski definition) is 0. The van der Waals surface area contributed by atoms with Crippen LogP contribution in [0.25, 0.3) is 0 Å². The summed E-state index contributed by atoms with van der Waals surface area (Å²) >= 11 is 0. The molecule has 1 aliphatic carbocycles. The summed E-state index contributed by atoms with van der Waals surface area (Å²) < 4.78 is 0. The van der Waals surface area contributed by atoms with E-state index in [1.54, 1.807) is 27.8 Å². The molecule has 0 fully saturated rings. The molecule has 18 heavy (non-hydrogen) atoms. The lowest BCUT2D eigenvalue weighted by atomic mass is 9.92. The first-order valence-corrected chi connectivity index (χ1v) is 7.85. The van der Waals surface area contributed by atoms with Gasteiger partial charge in [-0.15, -0.1) is 0 Å². The van der Waals surface area contributed by atoms with Crippen LogP contribution in [0.2, 0.25) is 0 Å². The van der Waals surface area contributed by atoms with Gasteiger partial charge in [0.15, 0.2) is 0 Å². The first-order chi connectivity index (χ1) is 8.74. The number of benzene rings is 1. The molecular weight excluding hydrogens is 216 g/mol. The number of hydrogen-bond donors (Lipinski definition) is 0. The Bertz CT molecular complexity index is 401. The molecule has 100 valence electrons. The predicted octanol–water partition coefficient (Wildman–Crippen LogP) is 5.31. The maximum atomic E-state index is 2.47. The number of rotatable bonds is 6. The lowest BCUT2D eigenvalue weighted by Gasteiger charge is -2.14. The van der Waals surface area contributed by atoms with Crippen LogP contribution in [0.15, 0.2) is 6.07 Å². The van der Waals surface area contributed by atoms with Crippen LogP contribution in [0.3, 0.4) is 0 Å². The third-order valence-corrected chi connectivity index (χ3v) is 4.57. The van der Waals surface area contributed by atoms with Crippen molar-refractivity contribution in [1.82, 2.24) is 0 Å². The van der Waals surface area contributed by atoms with E-state index in [4.69, 9.17) is 0 Å². The third-order valence-electron chi connectivity index (χ3n) is 4.57. The van der Waals surface area contributed by atoms with Crippen molar-refractivity contribution in [3.63, 3.8) is 0 Å². The van der Waals surface area contributed by atoms with Gasteiger partial charge in [0.05, 0.1) is 0 Å². The van der Waals surface area contributed by atoms with E-state index in [2.05, 4.69) is 26.8 Å². The molecular formula is C18H28. The second-order valence-electron chi connectivity index (χ2n) is 5.95. The van der Waals surface area contributed by atoms with Crippen LogP contribution in [0.1, 0.15) is 73.3 Å². The van der Waals surface area contributed by atoms with Crippen LogP contribution in [0, 0.1) is 13.8 Å². The molecule has 0 aliphatic heterocycles. The average Bonchev–Trinajstić information content (AvgIpc) is 2.84. The predicted molar refractivity (Wildman–Crippen MR) is 80.4 cm³/mol. The van der Waals surface area contributed by atoms with Crippen LogP contribution < -0.4 is 0 Å². The van der Waals surface area contributed by atoms with E-state index in [0.717, 1.165) is 0 Å². The molecule has 0 saturated carbocycles. The van der Waals surface area contributed by atoms with Crippen LogP contribution >= 0.6 is 0 Å². The number of fused-ring (bicyclic) bond motifs is 1. The molecule has 0 N–H and O–H groups in total. The highest BCUT2D eigenvalue weighted by molar-refractivity contribution is 5.47. The van der Waals surface area contributed by atoms with Crippen molar-refractivity contribution in [3.05, 3.63) is 33.9 Å². The minimum Gasteiger partial charge on any atom is -0.0654 e. The Balaban J connectivity index is 1.99. The van der Waals surface area contributed by atoms with Crippen molar-refractivity contribution in [1.29, 1.82) is 0 Å². The van der Waals surface area contributed by atoms with Crippen LogP contribution in [0.5, 0.6) is 0 Å². The van der Waals surface area contributed by atoms with E-state index in [0.29, 0.717) is 0 Å². The van der Waals surface area contributed by atoms with Crippen molar-refractivity contribution in [2.75, 3.05) is 0 Å². The van der Waals surface area contributed by atoms with Gasteiger partial charge in [-0.2, -0.15) is 0 Å². The van der Waals surface area contributed by atoms with Gasteiger partial charge in [0.2, 0.25) is 0 Å². The first-order valence-electron chi connectivity index (χ1n) is 7.85. The van der Waals surface area contributed by atoms with E-state index >= 15 is 0 Å². The van der Waals surface area contributed by atoms with E-state index in [1.807, 2.05) is 0 Å². The monoisotopic (exact) mass is 244 g/mol. The zero-order valence-corrected chi connectivity index (χ0v) is 12.4. The standard InChI is InChI=1S/C18H28/c1-4-5-6-7-8-10-16-13-14(2)17-11-9-12-18(17)15(16)3/h13H,4-12H2,1-3H3. The fraction of sp³-hybridized carbons (Fsp3) is 0.667. The molecule has 0 radical (unpaired) electrons. The zero-order valence-electron chi connectivity index (χ0n) is 12.4. The molecule has 0 saturated heterocycles. The fourth-order valence-electron chi connectivity index (χ4n) is 3.42. The molecule has 0 heterocycles. The summed E-state index contributed by atoms with van der Waals surface area (Å²) in [5, 5.41) is 0. The number of unbranched alkanes of at least 4 members (excludes halogenated alkanes) is 4. The Labute approximate surface area is 113 Å². The molecule has 1 aliphatic rings. The summed E-state index contributed by atoms with van der Waals surface area (Å²) in [7, 11) is 0. The normalized spacial score (nSPS) is 13.9. The molecule has 2 rings (SSSR count). The van der Waals surface area contributed by atoms with Gasteiger partial charge in [-0.05, 0) is 73.8 Å². The van der Waals surface area contributed by atoms with Gasteiger partial charge in [-0.25, -0.2) is 0 Å². The smallest absolute Gasteiger partial charge is 0.0270 e. The summed E-state index contributed by atoms with van der Waals surface area (Å²) in [6.07, 6.45) is 12.3. The maximum Gasteiger partial charge on any atom is -0.0270 e. The second kappa shape index (κ2) is 6.41. The van der Waals surface area contributed by atoms with Crippen molar-refractivity contribution >= 4 is 0 Å². The van der Waals surface area contributed by atoms with Crippen molar-refractivity contribution in [2.24, 2.45) is 0 Å². The molecule has 0 nitrogen and oxygen atoms in total. The molecule has 0 spiro atoms. The van der Waals surface area contributed by atoms with Gasteiger partial charge in [0.1, 0.15) is 0 Å². The van der Waals surface area contributed by atoms with Crippen LogP contribution in [0.4, 0.5) is 0 Å². The summed E-state index contributed by atoms with van der Waals surface area (Å²) in [4.78, 5) is 0. The highest BCUT2D eigenvalue weighted by Crippen LogP contribution is 2.31. The quantitative estimate of drug-likeness (QED) is 0.595. The molecule has 1 aromatic carbocycles. The van der Waals surface area contributed by atoms with E-state index in [9.17, 15) is 0 Å². The molecule has 0 heteroatoms. The van der Waals surface area contributed by atoms with Crippen LogP contribution in [-0.2, 0) is 19.3 Å². The fourth-order valence-corrected chi connectivity index (χ4v) is 3.42. The Morgan fingerprint density at radius 1 is 0.944 bits per heavy atom. The average molecular weight is 244 g/mol. The highest BCUT2D eigenvalue weighted by Gasteiger charge is 2.17. The molecule has 0 unspecified atom stereocenters. The largest absolute Gasteiger partial charge is 0.0654 e. The maximum absolute atomic E-state index is 2.47. The molecule has 0 aromatic heterocycles. The lowest BCUT2D eigenvalue weighted by molar-refractivity contribution is 0.631.